The molecule has 0 aromatic heterocycles. The van der Waals surface area contributed by atoms with Crippen molar-refractivity contribution in [2.45, 2.75) is 59.4 Å². The molecule has 0 aromatic carbocycles. The average molecular weight is 171 g/mol. The molecule has 1 N–H and O–H groups in total. The van der Waals surface area contributed by atoms with E-state index < -0.39 is 0 Å². The molecule has 1 aliphatic rings. The van der Waals surface area contributed by atoms with Gasteiger partial charge in [0.1, 0.15) is 0 Å². The first kappa shape index (κ1) is 12.0. The summed E-state index contributed by atoms with van der Waals surface area (Å²) in [6.07, 6.45) is 5.46. The minimum Gasteiger partial charge on any atom is -0.312 e. The van der Waals surface area contributed by atoms with Crippen LogP contribution in [0.2, 0.25) is 0 Å². The van der Waals surface area contributed by atoms with Crippen molar-refractivity contribution in [2.75, 3.05) is 6.54 Å². The molecule has 0 spiro atoms. The maximum absolute atomic E-state index is 3.59. The highest BCUT2D eigenvalue weighted by Gasteiger charge is 2.27. The van der Waals surface area contributed by atoms with E-state index in [-0.39, 0.29) is 7.43 Å². The molecular formula is C11H25N. The normalized spacial score (nSPS) is 29.0. The van der Waals surface area contributed by atoms with Crippen molar-refractivity contribution in [3.05, 3.63) is 0 Å². The summed E-state index contributed by atoms with van der Waals surface area (Å²) in [5.41, 5.74) is 0.476. The van der Waals surface area contributed by atoms with Gasteiger partial charge < -0.3 is 5.32 Å². The Kier molecular flexibility index (Phi) is 4.84. The van der Waals surface area contributed by atoms with Gasteiger partial charge in [-0.2, -0.15) is 0 Å². The van der Waals surface area contributed by atoms with Gasteiger partial charge in [0.05, 0.1) is 0 Å². The van der Waals surface area contributed by atoms with Crippen molar-refractivity contribution in [1.29, 1.82) is 0 Å². The van der Waals surface area contributed by atoms with E-state index >= 15 is 0 Å². The van der Waals surface area contributed by atoms with Gasteiger partial charge in [-0.3, -0.25) is 0 Å². The topological polar surface area (TPSA) is 12.0 Å². The molecular weight excluding hydrogens is 146 g/mol. The summed E-state index contributed by atoms with van der Waals surface area (Å²) in [5, 5.41) is 3.59. The lowest BCUT2D eigenvalue weighted by Gasteiger charge is -2.25. The van der Waals surface area contributed by atoms with Gasteiger partial charge in [-0.15, -0.1) is 0 Å². The third kappa shape index (κ3) is 3.57. The number of hydrogen-bond donors (Lipinski definition) is 1. The second kappa shape index (κ2) is 4.86. The fraction of sp³-hybridized carbons (Fsp3) is 1.00. The van der Waals surface area contributed by atoms with Crippen LogP contribution in [0.25, 0.3) is 0 Å². The van der Waals surface area contributed by atoms with E-state index in [2.05, 4.69) is 26.1 Å². The van der Waals surface area contributed by atoms with Gasteiger partial charge in [-0.05, 0) is 45.1 Å². The second-order valence-electron chi connectivity index (χ2n) is 4.52. The van der Waals surface area contributed by atoms with Gasteiger partial charge in [0, 0.05) is 5.54 Å². The van der Waals surface area contributed by atoms with Crippen LogP contribution in [0.15, 0.2) is 0 Å². The van der Waals surface area contributed by atoms with Gasteiger partial charge in [0.25, 0.3) is 0 Å². The third-order valence-corrected chi connectivity index (χ3v) is 2.73. The SMILES string of the molecule is C.CC(C)CCC1(C)CCCN1. The Balaban J connectivity index is 0.00000121. The summed E-state index contributed by atoms with van der Waals surface area (Å²) in [5.74, 6) is 0.856. The largest absolute Gasteiger partial charge is 0.312 e. The lowest BCUT2D eigenvalue weighted by molar-refractivity contribution is 0.348. The molecule has 1 heteroatoms. The third-order valence-electron chi connectivity index (χ3n) is 2.73. The molecule has 12 heavy (non-hydrogen) atoms. The van der Waals surface area contributed by atoms with Crippen molar-refractivity contribution < 1.29 is 0 Å². The molecule has 0 amide bonds. The van der Waals surface area contributed by atoms with Crippen molar-refractivity contribution in [2.24, 2.45) is 5.92 Å². The van der Waals surface area contributed by atoms with Crippen LogP contribution in [0.5, 0.6) is 0 Å². The lowest BCUT2D eigenvalue weighted by atomic mass is 9.91. The first-order valence-corrected chi connectivity index (χ1v) is 4.87. The van der Waals surface area contributed by atoms with Crippen molar-refractivity contribution in [1.82, 2.24) is 5.32 Å². The molecule has 1 atom stereocenters. The van der Waals surface area contributed by atoms with Crippen LogP contribution in [0.4, 0.5) is 0 Å². The standard InChI is InChI=1S/C10H21N.CH4/c1-9(2)5-7-10(3)6-4-8-11-10;/h9,11H,4-8H2,1-3H3;1H4. The summed E-state index contributed by atoms with van der Waals surface area (Å²) < 4.78 is 0. The smallest absolute Gasteiger partial charge is 0.0153 e. The Bertz CT molecular complexity index is 112. The molecule has 0 aliphatic carbocycles. The first-order valence-electron chi connectivity index (χ1n) is 4.87. The van der Waals surface area contributed by atoms with Crippen LogP contribution in [0, 0.1) is 5.92 Å². The average Bonchev–Trinajstić information content (AvgIpc) is 2.33. The van der Waals surface area contributed by atoms with Gasteiger partial charge in [-0.1, -0.05) is 21.3 Å². The van der Waals surface area contributed by atoms with E-state index in [0.717, 1.165) is 5.92 Å². The fourth-order valence-corrected chi connectivity index (χ4v) is 1.78. The summed E-state index contributed by atoms with van der Waals surface area (Å²) in [4.78, 5) is 0. The Morgan fingerprint density at radius 2 is 2.08 bits per heavy atom. The number of nitrogens with one attached hydrogen (secondary N) is 1. The van der Waals surface area contributed by atoms with E-state index in [1.54, 1.807) is 0 Å². The number of hydrogen-bond acceptors (Lipinski definition) is 1. The molecule has 0 bridgehead atoms. The van der Waals surface area contributed by atoms with Crippen molar-refractivity contribution >= 4 is 0 Å². The van der Waals surface area contributed by atoms with Crippen LogP contribution in [-0.2, 0) is 0 Å². The van der Waals surface area contributed by atoms with Gasteiger partial charge in [0.15, 0.2) is 0 Å². The maximum Gasteiger partial charge on any atom is 0.0153 e. The van der Waals surface area contributed by atoms with Crippen molar-refractivity contribution in [3.8, 4) is 0 Å². The molecule has 0 aromatic rings. The minimum atomic E-state index is 0. The van der Waals surface area contributed by atoms with E-state index in [1.165, 1.54) is 32.2 Å². The molecule has 0 radical (unpaired) electrons. The Morgan fingerprint density at radius 1 is 1.42 bits per heavy atom. The van der Waals surface area contributed by atoms with E-state index in [9.17, 15) is 0 Å². The van der Waals surface area contributed by atoms with E-state index in [4.69, 9.17) is 0 Å². The highest BCUT2D eigenvalue weighted by atomic mass is 15.0. The molecule has 1 heterocycles. The highest BCUT2D eigenvalue weighted by Crippen LogP contribution is 2.25. The van der Waals surface area contributed by atoms with Crippen LogP contribution >= 0.6 is 0 Å². The predicted molar refractivity (Wildman–Crippen MR) is 56.4 cm³/mol. The molecule has 1 aliphatic heterocycles. The van der Waals surface area contributed by atoms with Crippen molar-refractivity contribution in [3.63, 3.8) is 0 Å². The van der Waals surface area contributed by atoms with E-state index in [0.29, 0.717) is 5.54 Å². The van der Waals surface area contributed by atoms with Crippen LogP contribution < -0.4 is 5.32 Å². The van der Waals surface area contributed by atoms with Crippen LogP contribution in [0.1, 0.15) is 53.9 Å². The zero-order chi connectivity index (χ0) is 8.32. The molecule has 0 saturated carbocycles. The zero-order valence-corrected chi connectivity index (χ0v) is 8.11. The Labute approximate surface area is 77.9 Å². The fourth-order valence-electron chi connectivity index (χ4n) is 1.78. The highest BCUT2D eigenvalue weighted by molar-refractivity contribution is 4.88. The van der Waals surface area contributed by atoms with Crippen LogP contribution in [-0.4, -0.2) is 12.1 Å². The van der Waals surface area contributed by atoms with Gasteiger partial charge in [0.2, 0.25) is 0 Å². The van der Waals surface area contributed by atoms with Gasteiger partial charge in [-0.25, -0.2) is 0 Å². The molecule has 1 rings (SSSR count). The second-order valence-corrected chi connectivity index (χ2v) is 4.52. The molecule has 1 unspecified atom stereocenters. The summed E-state index contributed by atoms with van der Waals surface area (Å²) in [7, 11) is 0. The monoisotopic (exact) mass is 171 g/mol. The lowest BCUT2D eigenvalue weighted by Crippen LogP contribution is -2.36. The summed E-state index contributed by atoms with van der Waals surface area (Å²) >= 11 is 0. The maximum atomic E-state index is 3.59. The first-order chi connectivity index (χ1) is 5.12. The van der Waals surface area contributed by atoms with Crippen LogP contribution in [0.3, 0.4) is 0 Å². The molecule has 1 fully saturated rings. The minimum absolute atomic E-state index is 0. The zero-order valence-electron chi connectivity index (χ0n) is 8.11. The molecule has 1 saturated heterocycles. The number of rotatable bonds is 3. The predicted octanol–water partition coefficient (Wildman–Crippen LogP) is 3.20. The quantitative estimate of drug-likeness (QED) is 0.687. The Morgan fingerprint density at radius 3 is 2.50 bits per heavy atom. The van der Waals surface area contributed by atoms with Gasteiger partial charge >= 0.3 is 0 Å². The summed E-state index contributed by atoms with van der Waals surface area (Å²) in [6.45, 7) is 8.20. The summed E-state index contributed by atoms with van der Waals surface area (Å²) in [6, 6.07) is 0. The molecule has 1 nitrogen and oxygen atoms in total. The molecule has 74 valence electrons. The van der Waals surface area contributed by atoms with E-state index in [1.807, 2.05) is 0 Å². The Hall–Kier alpha value is -0.0400.